The Bertz CT molecular complexity index is 770. The maximum atomic E-state index is 12.6. The summed E-state index contributed by atoms with van der Waals surface area (Å²) in [5.74, 6) is 0.468. The first-order valence-corrected chi connectivity index (χ1v) is 9.22. The zero-order valence-electron chi connectivity index (χ0n) is 13.3. The van der Waals surface area contributed by atoms with Crippen LogP contribution in [0.1, 0.15) is 31.7 Å². The lowest BCUT2D eigenvalue weighted by Crippen LogP contribution is -2.37. The molecule has 1 atom stereocenters. The molecule has 1 saturated carbocycles. The van der Waals surface area contributed by atoms with E-state index in [0.29, 0.717) is 12.4 Å². The van der Waals surface area contributed by atoms with Gasteiger partial charge < -0.3 is 10.1 Å². The maximum absolute atomic E-state index is 12.6. The van der Waals surface area contributed by atoms with Crippen LogP contribution < -0.4 is 11.0 Å². The number of carbonyl (C=O) groups is 1. The molecule has 128 valence electrons. The van der Waals surface area contributed by atoms with E-state index in [1.54, 1.807) is 15.9 Å². The number of hydrogen-bond donors (Lipinski definition) is 1. The molecule has 1 aliphatic heterocycles. The van der Waals surface area contributed by atoms with E-state index in [1.807, 2.05) is 17.5 Å². The molecule has 7 nitrogen and oxygen atoms in total. The minimum atomic E-state index is -0.203. The van der Waals surface area contributed by atoms with Gasteiger partial charge in [0.2, 0.25) is 5.91 Å². The van der Waals surface area contributed by atoms with E-state index >= 15 is 0 Å². The van der Waals surface area contributed by atoms with E-state index in [0.717, 1.165) is 37.2 Å². The third-order valence-corrected chi connectivity index (χ3v) is 5.23. The Hall–Kier alpha value is -1.93. The van der Waals surface area contributed by atoms with Gasteiger partial charge in [-0.05, 0) is 37.1 Å². The summed E-state index contributed by atoms with van der Waals surface area (Å²) in [5.41, 5.74) is -0.201. The highest BCUT2D eigenvalue weighted by Crippen LogP contribution is 2.37. The summed E-state index contributed by atoms with van der Waals surface area (Å²) < 4.78 is 8.50. The number of nitrogens with zero attached hydrogens (tertiary/aromatic N) is 3. The third-order valence-electron chi connectivity index (χ3n) is 4.37. The lowest BCUT2D eigenvalue weighted by atomic mass is 10.2. The van der Waals surface area contributed by atoms with Crippen molar-refractivity contribution in [2.45, 2.75) is 44.4 Å². The Morgan fingerprint density at radius 2 is 2.29 bits per heavy atom. The summed E-state index contributed by atoms with van der Waals surface area (Å²) in [6, 6.07) is 4.11. The fourth-order valence-corrected chi connectivity index (χ4v) is 3.69. The van der Waals surface area contributed by atoms with Crippen molar-refractivity contribution in [3.8, 4) is 10.7 Å². The molecule has 8 heteroatoms. The second-order valence-corrected chi connectivity index (χ2v) is 7.23. The van der Waals surface area contributed by atoms with Gasteiger partial charge in [0.1, 0.15) is 6.54 Å². The van der Waals surface area contributed by atoms with Gasteiger partial charge in [0.15, 0.2) is 5.82 Å². The summed E-state index contributed by atoms with van der Waals surface area (Å²) in [6.45, 7) is 1.20. The molecule has 3 heterocycles. The minimum absolute atomic E-state index is 0.0519. The van der Waals surface area contributed by atoms with E-state index < -0.39 is 0 Å². The zero-order valence-corrected chi connectivity index (χ0v) is 14.1. The molecule has 1 amide bonds. The first kappa shape index (κ1) is 15.6. The Morgan fingerprint density at radius 3 is 2.96 bits per heavy atom. The van der Waals surface area contributed by atoms with Gasteiger partial charge in [-0.1, -0.05) is 6.07 Å². The van der Waals surface area contributed by atoms with Crippen LogP contribution in [0.4, 0.5) is 0 Å². The topological polar surface area (TPSA) is 78.2 Å². The van der Waals surface area contributed by atoms with Crippen LogP contribution >= 0.6 is 11.3 Å². The van der Waals surface area contributed by atoms with Crippen molar-refractivity contribution in [1.29, 1.82) is 0 Å². The Morgan fingerprint density at radius 1 is 1.42 bits per heavy atom. The van der Waals surface area contributed by atoms with Crippen molar-refractivity contribution in [3.05, 3.63) is 28.0 Å². The summed E-state index contributed by atoms with van der Waals surface area (Å²) >= 11 is 1.55. The molecule has 2 aliphatic rings. The van der Waals surface area contributed by atoms with Gasteiger partial charge in [-0.2, -0.15) is 0 Å². The van der Waals surface area contributed by atoms with Gasteiger partial charge in [0.05, 0.1) is 11.0 Å². The third kappa shape index (κ3) is 3.16. The molecule has 2 aromatic rings. The van der Waals surface area contributed by atoms with Crippen molar-refractivity contribution in [1.82, 2.24) is 19.7 Å². The molecule has 0 aromatic carbocycles. The predicted octanol–water partition coefficient (Wildman–Crippen LogP) is 1.40. The van der Waals surface area contributed by atoms with Gasteiger partial charge in [-0.15, -0.1) is 16.4 Å². The SMILES string of the molecule is O=C(Cn1nc(-c2cccs2)n(C2CC2)c1=O)NC[C@@H]1CCCO1. The Kier molecular flexibility index (Phi) is 4.24. The van der Waals surface area contributed by atoms with Crippen LogP contribution in [0.25, 0.3) is 10.7 Å². The first-order chi connectivity index (χ1) is 11.7. The van der Waals surface area contributed by atoms with Crippen molar-refractivity contribution >= 4 is 17.2 Å². The van der Waals surface area contributed by atoms with Gasteiger partial charge >= 0.3 is 5.69 Å². The highest BCUT2D eigenvalue weighted by Gasteiger charge is 2.31. The maximum Gasteiger partial charge on any atom is 0.346 e. The summed E-state index contributed by atoms with van der Waals surface area (Å²) in [6.07, 6.45) is 4.09. The molecule has 0 bridgehead atoms. The lowest BCUT2D eigenvalue weighted by molar-refractivity contribution is -0.122. The van der Waals surface area contributed by atoms with Crippen molar-refractivity contribution < 1.29 is 9.53 Å². The standard InChI is InChI=1S/C16H20N4O3S/c21-14(17-9-12-3-1-7-23-12)10-19-16(22)20(11-5-6-11)15(18-19)13-4-2-8-24-13/h2,4,8,11-12H,1,3,5-7,9-10H2,(H,17,21)/t12-/m0/s1. The number of carbonyl (C=O) groups excluding carboxylic acids is 1. The second kappa shape index (κ2) is 6.52. The minimum Gasteiger partial charge on any atom is -0.376 e. The van der Waals surface area contributed by atoms with Crippen LogP contribution in [0.2, 0.25) is 0 Å². The van der Waals surface area contributed by atoms with E-state index in [-0.39, 0.29) is 30.3 Å². The summed E-state index contributed by atoms with van der Waals surface area (Å²) in [5, 5.41) is 9.22. The second-order valence-electron chi connectivity index (χ2n) is 6.28. The average molecular weight is 348 g/mol. The predicted molar refractivity (Wildman–Crippen MR) is 90.1 cm³/mol. The van der Waals surface area contributed by atoms with E-state index in [2.05, 4.69) is 10.4 Å². The first-order valence-electron chi connectivity index (χ1n) is 8.34. The molecule has 2 aromatic heterocycles. The molecular formula is C16H20N4O3S. The van der Waals surface area contributed by atoms with Gasteiger partial charge in [-0.25, -0.2) is 9.48 Å². The quantitative estimate of drug-likeness (QED) is 0.856. The fourth-order valence-electron chi connectivity index (χ4n) is 2.98. The monoisotopic (exact) mass is 348 g/mol. The number of aromatic nitrogens is 3. The van der Waals surface area contributed by atoms with E-state index in [1.165, 1.54) is 4.68 Å². The average Bonchev–Trinajstić information content (AvgIpc) is 3.00. The molecule has 24 heavy (non-hydrogen) atoms. The molecule has 0 radical (unpaired) electrons. The van der Waals surface area contributed by atoms with Crippen LogP contribution in [-0.4, -0.2) is 39.5 Å². The molecule has 0 unspecified atom stereocenters. The Balaban J connectivity index is 1.49. The van der Waals surface area contributed by atoms with Crippen LogP contribution in [0.15, 0.2) is 22.3 Å². The number of thiophene rings is 1. The fraction of sp³-hybridized carbons (Fsp3) is 0.562. The highest BCUT2D eigenvalue weighted by molar-refractivity contribution is 7.13. The molecule has 1 N–H and O–H groups in total. The summed E-state index contributed by atoms with van der Waals surface area (Å²) in [4.78, 5) is 25.7. The van der Waals surface area contributed by atoms with Gasteiger partial charge in [0.25, 0.3) is 0 Å². The van der Waals surface area contributed by atoms with Gasteiger partial charge in [0, 0.05) is 19.2 Å². The smallest absolute Gasteiger partial charge is 0.346 e. The van der Waals surface area contributed by atoms with Gasteiger partial charge in [-0.3, -0.25) is 9.36 Å². The number of hydrogen-bond acceptors (Lipinski definition) is 5. The zero-order chi connectivity index (χ0) is 16.5. The van der Waals surface area contributed by atoms with Crippen LogP contribution in [0.5, 0.6) is 0 Å². The number of nitrogens with one attached hydrogen (secondary N) is 1. The molecule has 1 saturated heterocycles. The number of rotatable bonds is 6. The van der Waals surface area contributed by atoms with Crippen molar-refractivity contribution in [2.24, 2.45) is 0 Å². The van der Waals surface area contributed by atoms with Crippen LogP contribution in [-0.2, 0) is 16.1 Å². The van der Waals surface area contributed by atoms with E-state index in [9.17, 15) is 9.59 Å². The van der Waals surface area contributed by atoms with Crippen molar-refractivity contribution in [2.75, 3.05) is 13.2 Å². The van der Waals surface area contributed by atoms with E-state index in [4.69, 9.17) is 4.74 Å². The number of ether oxygens (including phenoxy) is 1. The molecule has 4 rings (SSSR count). The summed E-state index contributed by atoms with van der Waals surface area (Å²) in [7, 11) is 0. The largest absolute Gasteiger partial charge is 0.376 e. The molecule has 1 aliphatic carbocycles. The molecule has 0 spiro atoms. The lowest BCUT2D eigenvalue weighted by Gasteiger charge is -2.10. The normalized spacial score (nSPS) is 20.4. The van der Waals surface area contributed by atoms with Crippen LogP contribution in [0, 0.1) is 0 Å². The molecule has 2 fully saturated rings. The highest BCUT2D eigenvalue weighted by atomic mass is 32.1. The van der Waals surface area contributed by atoms with Crippen molar-refractivity contribution in [3.63, 3.8) is 0 Å². The molecular weight excluding hydrogens is 328 g/mol. The number of amides is 1. The van der Waals surface area contributed by atoms with Crippen LogP contribution in [0.3, 0.4) is 0 Å². The Labute approximate surface area is 143 Å².